The fourth-order valence-corrected chi connectivity index (χ4v) is 4.11. The Morgan fingerprint density at radius 3 is 2.72 bits per heavy atom. The molecule has 0 fully saturated rings. The summed E-state index contributed by atoms with van der Waals surface area (Å²) in [6.45, 7) is 6.21. The van der Waals surface area contributed by atoms with Crippen LogP contribution in [-0.4, -0.2) is 16.1 Å². The van der Waals surface area contributed by atoms with Crippen LogP contribution in [0.15, 0.2) is 56.4 Å². The predicted molar refractivity (Wildman–Crippen MR) is 115 cm³/mol. The lowest BCUT2D eigenvalue weighted by Crippen LogP contribution is -2.13. The van der Waals surface area contributed by atoms with Crippen molar-refractivity contribution in [3.63, 3.8) is 0 Å². The fraction of sp³-hybridized carbons (Fsp3) is 0.238. The Bertz CT molecular complexity index is 1060. The van der Waals surface area contributed by atoms with Crippen LogP contribution in [0.1, 0.15) is 30.2 Å². The summed E-state index contributed by atoms with van der Waals surface area (Å²) in [7, 11) is 0. The Morgan fingerprint density at radius 2 is 2.03 bits per heavy atom. The lowest BCUT2D eigenvalue weighted by molar-refractivity contribution is -0.112. The van der Waals surface area contributed by atoms with Gasteiger partial charge in [0.15, 0.2) is 5.09 Å². The number of nitriles is 1. The van der Waals surface area contributed by atoms with E-state index in [1.165, 1.54) is 34.7 Å². The Kier molecular flexibility index (Phi) is 6.86. The molecule has 0 saturated carbocycles. The van der Waals surface area contributed by atoms with Crippen LogP contribution in [0.3, 0.4) is 0 Å². The van der Waals surface area contributed by atoms with E-state index >= 15 is 0 Å². The number of carbonyl (C=O) groups is 1. The average molecular weight is 425 g/mol. The number of aromatic nitrogens is 2. The molecule has 29 heavy (non-hydrogen) atoms. The molecule has 3 rings (SSSR count). The first-order valence-corrected chi connectivity index (χ1v) is 10.7. The maximum atomic E-state index is 12.4. The minimum Gasteiger partial charge on any atom is -0.450 e. The summed E-state index contributed by atoms with van der Waals surface area (Å²) >= 11 is 2.79. The Balaban J connectivity index is 1.67. The maximum absolute atomic E-state index is 12.4. The smallest absolute Gasteiger partial charge is 0.268 e. The van der Waals surface area contributed by atoms with Crippen LogP contribution in [-0.2, 0) is 11.2 Å². The van der Waals surface area contributed by atoms with Crippen molar-refractivity contribution in [1.29, 1.82) is 5.26 Å². The number of hydrogen-bond acceptors (Lipinski definition) is 7. The van der Waals surface area contributed by atoms with Crippen LogP contribution in [0.5, 0.6) is 0 Å². The van der Waals surface area contributed by atoms with Gasteiger partial charge in [0.25, 0.3) is 5.91 Å². The van der Waals surface area contributed by atoms with E-state index in [-0.39, 0.29) is 5.57 Å². The highest BCUT2D eigenvalue weighted by atomic mass is 32.2. The van der Waals surface area contributed by atoms with Crippen molar-refractivity contribution in [2.24, 2.45) is 5.92 Å². The highest BCUT2D eigenvalue weighted by molar-refractivity contribution is 7.99. The van der Waals surface area contributed by atoms with Gasteiger partial charge in [0, 0.05) is 17.4 Å². The summed E-state index contributed by atoms with van der Waals surface area (Å²) in [5, 5.41) is 21.9. The monoisotopic (exact) mass is 424 g/mol. The predicted octanol–water partition coefficient (Wildman–Crippen LogP) is 5.33. The molecule has 0 aliphatic rings. The van der Waals surface area contributed by atoms with E-state index in [1.54, 1.807) is 6.07 Å². The Hall–Kier alpha value is -2.89. The zero-order chi connectivity index (χ0) is 20.8. The Labute approximate surface area is 177 Å². The second-order valence-electron chi connectivity index (χ2n) is 6.79. The summed E-state index contributed by atoms with van der Waals surface area (Å²) in [6.07, 6.45) is 2.22. The van der Waals surface area contributed by atoms with Crippen molar-refractivity contribution in [2.75, 3.05) is 5.32 Å². The SMILES string of the molecule is Cc1ccc(Sc2ccc(/C=C(/C#N)C(=O)Nc3nnc(CC(C)C)s3)o2)cc1. The number of aryl methyl sites for hydroxylation is 1. The molecule has 2 aromatic heterocycles. The molecule has 0 bridgehead atoms. The van der Waals surface area contributed by atoms with Gasteiger partial charge in [-0.15, -0.1) is 10.2 Å². The first-order valence-electron chi connectivity index (χ1n) is 9.03. The number of nitrogens with zero attached hydrogens (tertiary/aromatic N) is 3. The van der Waals surface area contributed by atoms with Gasteiger partial charge in [-0.1, -0.05) is 54.6 Å². The van der Waals surface area contributed by atoms with Gasteiger partial charge in [-0.3, -0.25) is 10.1 Å². The lowest BCUT2D eigenvalue weighted by Gasteiger charge is -2.00. The van der Waals surface area contributed by atoms with Crippen LogP contribution in [0.4, 0.5) is 5.13 Å². The zero-order valence-corrected chi connectivity index (χ0v) is 17.9. The molecule has 0 radical (unpaired) electrons. The molecule has 0 atom stereocenters. The van der Waals surface area contributed by atoms with Gasteiger partial charge in [-0.05, 0) is 37.1 Å². The van der Waals surface area contributed by atoms with Crippen LogP contribution in [0, 0.1) is 24.2 Å². The van der Waals surface area contributed by atoms with Gasteiger partial charge in [0.2, 0.25) is 5.13 Å². The molecule has 0 saturated heterocycles. The van der Waals surface area contributed by atoms with Crippen molar-refractivity contribution < 1.29 is 9.21 Å². The van der Waals surface area contributed by atoms with E-state index in [0.717, 1.165) is 16.3 Å². The quantitative estimate of drug-likeness (QED) is 0.407. The molecular weight excluding hydrogens is 404 g/mol. The molecule has 8 heteroatoms. The number of nitrogens with one attached hydrogen (secondary N) is 1. The molecule has 1 amide bonds. The van der Waals surface area contributed by atoms with E-state index < -0.39 is 5.91 Å². The average Bonchev–Trinajstić information content (AvgIpc) is 3.30. The number of rotatable bonds is 7. The number of furan rings is 1. The van der Waals surface area contributed by atoms with Crippen molar-refractivity contribution in [3.8, 4) is 6.07 Å². The van der Waals surface area contributed by atoms with Crippen LogP contribution < -0.4 is 5.32 Å². The zero-order valence-electron chi connectivity index (χ0n) is 16.3. The van der Waals surface area contributed by atoms with E-state index in [1.807, 2.05) is 43.3 Å². The first-order chi connectivity index (χ1) is 13.9. The van der Waals surface area contributed by atoms with Crippen LogP contribution in [0.25, 0.3) is 6.08 Å². The number of benzene rings is 1. The van der Waals surface area contributed by atoms with Crippen LogP contribution in [0.2, 0.25) is 0 Å². The molecule has 3 aromatic rings. The second kappa shape index (κ2) is 9.54. The molecule has 0 aliphatic heterocycles. The second-order valence-corrected chi connectivity index (χ2v) is 8.93. The van der Waals surface area contributed by atoms with Gasteiger partial charge < -0.3 is 4.42 Å². The summed E-state index contributed by atoms with van der Waals surface area (Å²) in [5.74, 6) is 0.347. The van der Waals surface area contributed by atoms with Crippen molar-refractivity contribution in [2.45, 2.75) is 37.2 Å². The molecular formula is C21H20N4O2S2. The Morgan fingerprint density at radius 1 is 1.28 bits per heavy atom. The standard InChI is InChI=1S/C21H20N4O2S2/c1-13(2)10-18-24-25-21(29-18)23-20(26)15(12-22)11-16-6-9-19(27-16)28-17-7-4-14(3)5-8-17/h4-9,11,13H,10H2,1-3H3,(H,23,25,26)/b15-11-. The minimum atomic E-state index is -0.538. The summed E-state index contributed by atoms with van der Waals surface area (Å²) in [6, 6.07) is 13.5. The molecule has 0 unspecified atom stereocenters. The van der Waals surface area contributed by atoms with Gasteiger partial charge in [0.05, 0.1) is 0 Å². The largest absolute Gasteiger partial charge is 0.450 e. The molecule has 0 spiro atoms. The first kappa shape index (κ1) is 20.8. The lowest BCUT2D eigenvalue weighted by atomic mass is 10.1. The van der Waals surface area contributed by atoms with Gasteiger partial charge in [-0.25, -0.2) is 0 Å². The maximum Gasteiger partial charge on any atom is 0.268 e. The number of amides is 1. The van der Waals surface area contributed by atoms with Crippen LogP contribution >= 0.6 is 23.1 Å². The topological polar surface area (TPSA) is 91.8 Å². The van der Waals surface area contributed by atoms with Gasteiger partial charge in [-0.2, -0.15) is 5.26 Å². The normalized spacial score (nSPS) is 11.5. The van der Waals surface area contributed by atoms with Crippen molar-refractivity contribution in [1.82, 2.24) is 10.2 Å². The van der Waals surface area contributed by atoms with Gasteiger partial charge >= 0.3 is 0 Å². The highest BCUT2D eigenvalue weighted by Crippen LogP contribution is 2.30. The third-order valence-electron chi connectivity index (χ3n) is 3.76. The third kappa shape index (κ3) is 6.04. The molecule has 2 heterocycles. The summed E-state index contributed by atoms with van der Waals surface area (Å²) in [5.41, 5.74) is 1.13. The molecule has 148 valence electrons. The van der Waals surface area contributed by atoms with Crippen molar-refractivity contribution in [3.05, 3.63) is 58.3 Å². The van der Waals surface area contributed by atoms with E-state index in [0.29, 0.717) is 21.9 Å². The number of hydrogen-bond donors (Lipinski definition) is 1. The van der Waals surface area contributed by atoms with Crippen molar-refractivity contribution >= 4 is 40.2 Å². The molecule has 1 aromatic carbocycles. The molecule has 6 nitrogen and oxygen atoms in total. The van der Waals surface area contributed by atoms with E-state index in [2.05, 4.69) is 29.4 Å². The van der Waals surface area contributed by atoms with Gasteiger partial charge in [0.1, 0.15) is 22.4 Å². The number of carbonyl (C=O) groups excluding carboxylic acids is 1. The number of anilines is 1. The third-order valence-corrected chi connectivity index (χ3v) is 5.55. The highest BCUT2D eigenvalue weighted by Gasteiger charge is 2.14. The molecule has 1 N–H and O–H groups in total. The molecule has 0 aliphatic carbocycles. The summed E-state index contributed by atoms with van der Waals surface area (Å²) in [4.78, 5) is 13.4. The minimum absolute atomic E-state index is 0.0631. The fourth-order valence-electron chi connectivity index (χ4n) is 2.38. The van der Waals surface area contributed by atoms with E-state index in [4.69, 9.17) is 4.42 Å². The van der Waals surface area contributed by atoms with E-state index in [9.17, 15) is 10.1 Å². The summed E-state index contributed by atoms with van der Waals surface area (Å²) < 4.78 is 5.73.